The number of hydrogen-bond acceptors (Lipinski definition) is 3. The van der Waals surface area contributed by atoms with Crippen molar-refractivity contribution in [2.75, 3.05) is 7.05 Å². The van der Waals surface area contributed by atoms with E-state index in [1.54, 1.807) is 6.07 Å². The van der Waals surface area contributed by atoms with E-state index in [9.17, 15) is 4.39 Å². The quantitative estimate of drug-likeness (QED) is 0.372. The van der Waals surface area contributed by atoms with Gasteiger partial charge in [0.1, 0.15) is 5.82 Å². The van der Waals surface area contributed by atoms with Crippen LogP contribution in [-0.4, -0.2) is 29.0 Å². The van der Waals surface area contributed by atoms with E-state index >= 15 is 0 Å². The van der Waals surface area contributed by atoms with E-state index < -0.39 is 0 Å². The van der Waals surface area contributed by atoms with Gasteiger partial charge in [-0.25, -0.2) is 4.39 Å². The molecule has 18 heavy (non-hydrogen) atoms. The largest absolute Gasteiger partial charge is 0.409 e. The summed E-state index contributed by atoms with van der Waals surface area (Å²) in [6, 6.07) is 5.11. The van der Waals surface area contributed by atoms with Crippen LogP contribution in [0, 0.1) is 5.82 Å². The predicted octanol–water partition coefficient (Wildman–Crippen LogP) is 1.90. The highest BCUT2D eigenvalue weighted by atomic mass is 19.1. The number of nitrogens with two attached hydrogens (primary N) is 1. The maximum Gasteiger partial charge on any atom is 0.170 e. The van der Waals surface area contributed by atoms with Crippen molar-refractivity contribution < 1.29 is 9.60 Å². The SMILES string of the molecule is CN(Cc1cc(F)cc(/C(N)=N/O)c1)C1CCC1. The van der Waals surface area contributed by atoms with Gasteiger partial charge in [0.2, 0.25) is 0 Å². The standard InChI is InChI=1S/C13H18FN3O/c1-17(12-3-2-4-12)8-9-5-10(13(15)16-18)7-11(14)6-9/h5-7,12,18H,2-4,8H2,1H3,(H2,15,16). The van der Waals surface area contributed by atoms with Crippen molar-refractivity contribution in [1.29, 1.82) is 0 Å². The van der Waals surface area contributed by atoms with Gasteiger partial charge >= 0.3 is 0 Å². The van der Waals surface area contributed by atoms with Crippen molar-refractivity contribution in [3.8, 4) is 0 Å². The van der Waals surface area contributed by atoms with E-state index in [-0.39, 0.29) is 11.7 Å². The van der Waals surface area contributed by atoms with Crippen LogP contribution in [0.15, 0.2) is 23.4 Å². The fraction of sp³-hybridized carbons (Fsp3) is 0.462. The molecule has 0 spiro atoms. The number of oxime groups is 1. The monoisotopic (exact) mass is 251 g/mol. The molecule has 1 aromatic carbocycles. The minimum atomic E-state index is -0.365. The molecule has 4 nitrogen and oxygen atoms in total. The molecule has 0 unspecified atom stereocenters. The number of nitrogens with zero attached hydrogens (tertiary/aromatic N) is 2. The Morgan fingerprint density at radius 3 is 2.78 bits per heavy atom. The van der Waals surface area contributed by atoms with Gasteiger partial charge in [-0.1, -0.05) is 11.6 Å². The van der Waals surface area contributed by atoms with Crippen molar-refractivity contribution in [3.05, 3.63) is 35.1 Å². The average molecular weight is 251 g/mol. The lowest BCUT2D eigenvalue weighted by atomic mass is 9.91. The zero-order chi connectivity index (χ0) is 13.1. The molecule has 0 bridgehead atoms. The number of halogens is 1. The Morgan fingerprint density at radius 1 is 1.50 bits per heavy atom. The first-order valence-corrected chi connectivity index (χ1v) is 6.08. The summed E-state index contributed by atoms with van der Waals surface area (Å²) in [5.41, 5.74) is 6.73. The van der Waals surface area contributed by atoms with Gasteiger partial charge in [0.05, 0.1) is 0 Å². The van der Waals surface area contributed by atoms with Crippen molar-refractivity contribution in [1.82, 2.24) is 4.90 Å². The third-order valence-corrected chi connectivity index (χ3v) is 3.49. The van der Waals surface area contributed by atoms with Crippen LogP contribution in [0.3, 0.4) is 0 Å². The Bertz CT molecular complexity index is 458. The van der Waals surface area contributed by atoms with Crippen molar-refractivity contribution in [2.24, 2.45) is 10.9 Å². The Morgan fingerprint density at radius 2 is 2.22 bits per heavy atom. The molecular weight excluding hydrogens is 233 g/mol. The fourth-order valence-electron chi connectivity index (χ4n) is 2.19. The normalized spacial score (nSPS) is 16.9. The zero-order valence-corrected chi connectivity index (χ0v) is 10.4. The Kier molecular flexibility index (Phi) is 3.81. The molecule has 1 fully saturated rings. The second kappa shape index (κ2) is 5.35. The minimum absolute atomic E-state index is 0.0675. The Labute approximate surface area is 106 Å². The molecule has 0 saturated heterocycles. The van der Waals surface area contributed by atoms with Gasteiger partial charge in [0.25, 0.3) is 0 Å². The van der Waals surface area contributed by atoms with E-state index in [4.69, 9.17) is 10.9 Å². The second-order valence-electron chi connectivity index (χ2n) is 4.83. The molecule has 3 N–H and O–H groups in total. The number of benzene rings is 1. The fourth-order valence-corrected chi connectivity index (χ4v) is 2.19. The van der Waals surface area contributed by atoms with E-state index in [1.807, 2.05) is 7.05 Å². The summed E-state index contributed by atoms with van der Waals surface area (Å²) in [6.45, 7) is 0.675. The summed E-state index contributed by atoms with van der Waals surface area (Å²) in [5, 5.41) is 11.5. The molecule has 98 valence electrons. The highest BCUT2D eigenvalue weighted by Gasteiger charge is 2.22. The molecule has 0 atom stereocenters. The Balaban J connectivity index is 2.14. The van der Waals surface area contributed by atoms with Crippen molar-refractivity contribution in [3.63, 3.8) is 0 Å². The van der Waals surface area contributed by atoms with Gasteiger partial charge in [-0.15, -0.1) is 0 Å². The first-order valence-electron chi connectivity index (χ1n) is 6.08. The molecule has 0 aliphatic heterocycles. The van der Waals surface area contributed by atoms with Gasteiger partial charge in [-0.05, 0) is 43.7 Å². The smallest absolute Gasteiger partial charge is 0.170 e. The molecule has 5 heteroatoms. The van der Waals surface area contributed by atoms with Crippen LogP contribution in [0.2, 0.25) is 0 Å². The third-order valence-electron chi connectivity index (χ3n) is 3.49. The molecule has 1 aliphatic rings. The van der Waals surface area contributed by atoms with Crippen molar-refractivity contribution in [2.45, 2.75) is 31.8 Å². The van der Waals surface area contributed by atoms with Crippen molar-refractivity contribution >= 4 is 5.84 Å². The van der Waals surface area contributed by atoms with Crippen LogP contribution < -0.4 is 5.73 Å². The Hall–Kier alpha value is -1.62. The first-order chi connectivity index (χ1) is 8.60. The molecule has 0 aromatic heterocycles. The highest BCUT2D eigenvalue weighted by Crippen LogP contribution is 2.25. The lowest BCUT2D eigenvalue weighted by molar-refractivity contribution is 0.152. The predicted molar refractivity (Wildman–Crippen MR) is 68.0 cm³/mol. The van der Waals surface area contributed by atoms with Gasteiger partial charge in [0.15, 0.2) is 5.84 Å². The zero-order valence-electron chi connectivity index (χ0n) is 10.4. The molecule has 2 rings (SSSR count). The first kappa shape index (κ1) is 12.8. The average Bonchev–Trinajstić information content (AvgIpc) is 2.24. The molecule has 0 amide bonds. The van der Waals surface area contributed by atoms with Gasteiger partial charge in [0, 0.05) is 18.2 Å². The van der Waals surface area contributed by atoms with E-state index in [0.717, 1.165) is 5.56 Å². The molecule has 1 saturated carbocycles. The van der Waals surface area contributed by atoms with Gasteiger partial charge < -0.3 is 10.9 Å². The number of hydrogen-bond donors (Lipinski definition) is 2. The van der Waals surface area contributed by atoms with E-state index in [0.29, 0.717) is 18.2 Å². The number of amidine groups is 1. The lowest BCUT2D eigenvalue weighted by Crippen LogP contribution is -2.36. The highest BCUT2D eigenvalue weighted by molar-refractivity contribution is 5.97. The van der Waals surface area contributed by atoms with Gasteiger partial charge in [-0.2, -0.15) is 0 Å². The molecular formula is C13H18FN3O. The van der Waals surface area contributed by atoms with Crippen LogP contribution in [0.4, 0.5) is 4.39 Å². The minimum Gasteiger partial charge on any atom is -0.409 e. The summed E-state index contributed by atoms with van der Waals surface area (Å²) in [5.74, 6) is -0.432. The maximum absolute atomic E-state index is 13.5. The van der Waals surface area contributed by atoms with Crippen LogP contribution in [0.1, 0.15) is 30.4 Å². The summed E-state index contributed by atoms with van der Waals surface area (Å²) >= 11 is 0. The summed E-state index contributed by atoms with van der Waals surface area (Å²) in [7, 11) is 2.04. The summed E-state index contributed by atoms with van der Waals surface area (Å²) < 4.78 is 13.5. The maximum atomic E-state index is 13.5. The topological polar surface area (TPSA) is 61.8 Å². The van der Waals surface area contributed by atoms with Crippen LogP contribution >= 0.6 is 0 Å². The van der Waals surface area contributed by atoms with Crippen LogP contribution in [0.25, 0.3) is 0 Å². The summed E-state index contributed by atoms with van der Waals surface area (Å²) in [4.78, 5) is 2.22. The van der Waals surface area contributed by atoms with Gasteiger partial charge in [-0.3, -0.25) is 4.90 Å². The second-order valence-corrected chi connectivity index (χ2v) is 4.83. The van der Waals surface area contributed by atoms with Crippen LogP contribution in [0.5, 0.6) is 0 Å². The number of rotatable bonds is 4. The lowest BCUT2D eigenvalue weighted by Gasteiger charge is -2.34. The molecule has 0 radical (unpaired) electrons. The molecule has 0 heterocycles. The third kappa shape index (κ3) is 2.79. The van der Waals surface area contributed by atoms with E-state index in [1.165, 1.54) is 31.4 Å². The van der Waals surface area contributed by atoms with E-state index in [2.05, 4.69) is 10.1 Å². The molecule has 1 aliphatic carbocycles. The summed E-state index contributed by atoms with van der Waals surface area (Å²) in [6.07, 6.45) is 3.69. The van der Waals surface area contributed by atoms with Crippen LogP contribution in [-0.2, 0) is 6.54 Å². The molecule has 1 aromatic rings.